The number of hydrogen-bond donors (Lipinski definition) is 1. The van der Waals surface area contributed by atoms with Crippen molar-refractivity contribution in [3.05, 3.63) is 46.1 Å². The fraction of sp³-hybridized carbons (Fsp3) is 0. The van der Waals surface area contributed by atoms with Crippen LogP contribution in [0.4, 0.5) is 0 Å². The molecule has 2 aromatic rings. The zero-order valence-electron chi connectivity index (χ0n) is 8.00. The van der Waals surface area contributed by atoms with Gasteiger partial charge in [0.25, 0.3) is 0 Å². The monoisotopic (exact) mass is 268 g/mol. The molecule has 0 saturated heterocycles. The van der Waals surface area contributed by atoms with Crippen molar-refractivity contribution in [2.24, 2.45) is 0 Å². The lowest BCUT2D eigenvalue weighted by Gasteiger charge is -2.02. The quantitative estimate of drug-likeness (QED) is 0.880. The zero-order valence-corrected chi connectivity index (χ0v) is 10.3. The third-order valence-electron chi connectivity index (χ3n) is 1.89. The Morgan fingerprint density at radius 1 is 1.19 bits per heavy atom. The number of nitrogens with one attached hydrogen (secondary N) is 1. The summed E-state index contributed by atoms with van der Waals surface area (Å²) in [5.41, 5.74) is 0.528. The standard InChI is InChI=1S/C11H6Cl2N2S/c12-7-1-3-9(13)10(5-7)16-11-4-2-8(6-14)15-11/h1-5,15H. The Bertz CT molecular complexity index is 557. The van der Waals surface area contributed by atoms with E-state index in [4.69, 9.17) is 28.5 Å². The molecule has 0 amide bonds. The van der Waals surface area contributed by atoms with Gasteiger partial charge in [-0.3, -0.25) is 0 Å². The Balaban J connectivity index is 2.27. The van der Waals surface area contributed by atoms with Crippen LogP contribution in [0.1, 0.15) is 5.69 Å². The molecule has 1 N–H and O–H groups in total. The number of aromatic amines is 1. The van der Waals surface area contributed by atoms with Gasteiger partial charge < -0.3 is 4.98 Å². The van der Waals surface area contributed by atoms with E-state index in [0.29, 0.717) is 15.7 Å². The Morgan fingerprint density at radius 3 is 2.69 bits per heavy atom. The first-order valence-corrected chi connectivity index (χ1v) is 5.98. The molecule has 1 aromatic carbocycles. The molecule has 1 heterocycles. The number of nitrogens with zero attached hydrogens (tertiary/aromatic N) is 1. The van der Waals surface area contributed by atoms with Crippen LogP contribution in [-0.2, 0) is 0 Å². The molecule has 1 aromatic heterocycles. The van der Waals surface area contributed by atoms with Crippen molar-refractivity contribution in [1.82, 2.24) is 4.98 Å². The van der Waals surface area contributed by atoms with Crippen LogP contribution >= 0.6 is 35.0 Å². The maximum absolute atomic E-state index is 8.68. The molecular weight excluding hydrogens is 263 g/mol. The van der Waals surface area contributed by atoms with Crippen molar-refractivity contribution in [1.29, 1.82) is 5.26 Å². The van der Waals surface area contributed by atoms with Gasteiger partial charge in [-0.25, -0.2) is 0 Å². The van der Waals surface area contributed by atoms with Crippen molar-refractivity contribution >= 4 is 35.0 Å². The number of halogens is 2. The third kappa shape index (κ3) is 2.53. The highest BCUT2D eigenvalue weighted by Gasteiger charge is 2.05. The molecule has 0 radical (unpaired) electrons. The molecule has 0 spiro atoms. The highest BCUT2D eigenvalue weighted by Crippen LogP contribution is 2.34. The SMILES string of the molecule is N#Cc1ccc(Sc2cc(Cl)ccc2Cl)[nH]1. The summed E-state index contributed by atoms with van der Waals surface area (Å²) in [4.78, 5) is 3.82. The molecule has 2 nitrogen and oxygen atoms in total. The van der Waals surface area contributed by atoms with E-state index in [1.807, 2.05) is 12.1 Å². The molecule has 0 atom stereocenters. The first kappa shape index (κ1) is 11.4. The normalized spacial score (nSPS) is 10.1. The van der Waals surface area contributed by atoms with E-state index >= 15 is 0 Å². The molecule has 2 rings (SSSR count). The minimum Gasteiger partial charge on any atom is -0.341 e. The topological polar surface area (TPSA) is 39.6 Å². The van der Waals surface area contributed by atoms with E-state index in [1.165, 1.54) is 11.8 Å². The lowest BCUT2D eigenvalue weighted by Crippen LogP contribution is -1.77. The average Bonchev–Trinajstić information content (AvgIpc) is 2.71. The maximum atomic E-state index is 8.68. The molecule has 0 aliphatic rings. The molecule has 16 heavy (non-hydrogen) atoms. The summed E-state index contributed by atoms with van der Waals surface area (Å²) in [5.74, 6) is 0. The number of hydrogen-bond acceptors (Lipinski definition) is 2. The molecule has 0 aliphatic heterocycles. The number of nitriles is 1. The van der Waals surface area contributed by atoms with Crippen LogP contribution < -0.4 is 0 Å². The zero-order chi connectivity index (χ0) is 11.5. The molecule has 0 bridgehead atoms. The van der Waals surface area contributed by atoms with E-state index < -0.39 is 0 Å². The second kappa shape index (κ2) is 4.84. The van der Waals surface area contributed by atoms with Crippen LogP contribution in [0.25, 0.3) is 0 Å². The predicted molar refractivity (Wildman–Crippen MR) is 66.1 cm³/mol. The molecule has 0 unspecified atom stereocenters. The summed E-state index contributed by atoms with van der Waals surface area (Å²) in [6.45, 7) is 0. The Labute approximate surface area is 107 Å². The summed E-state index contributed by atoms with van der Waals surface area (Å²) in [6.07, 6.45) is 0. The Kier molecular flexibility index (Phi) is 3.45. The average molecular weight is 269 g/mol. The van der Waals surface area contributed by atoms with Gasteiger partial charge in [0.1, 0.15) is 11.8 Å². The first-order chi connectivity index (χ1) is 7.69. The predicted octanol–water partition coefficient (Wildman–Crippen LogP) is 4.34. The van der Waals surface area contributed by atoms with Crippen molar-refractivity contribution in [3.63, 3.8) is 0 Å². The number of benzene rings is 1. The molecule has 5 heteroatoms. The first-order valence-electron chi connectivity index (χ1n) is 4.41. The van der Waals surface area contributed by atoms with E-state index in [0.717, 1.165) is 9.92 Å². The summed E-state index contributed by atoms with van der Waals surface area (Å²) >= 11 is 13.4. The number of aromatic nitrogens is 1. The largest absolute Gasteiger partial charge is 0.341 e. The number of H-pyrrole nitrogens is 1. The maximum Gasteiger partial charge on any atom is 0.118 e. The van der Waals surface area contributed by atoms with Gasteiger partial charge >= 0.3 is 0 Å². The van der Waals surface area contributed by atoms with Gasteiger partial charge in [-0.05, 0) is 30.3 Å². The number of rotatable bonds is 2. The molecule has 0 aliphatic carbocycles. The van der Waals surface area contributed by atoms with E-state index in [-0.39, 0.29) is 0 Å². The second-order valence-electron chi connectivity index (χ2n) is 3.02. The van der Waals surface area contributed by atoms with E-state index in [2.05, 4.69) is 4.98 Å². The summed E-state index contributed by atoms with van der Waals surface area (Å²) in [6, 6.07) is 10.9. The van der Waals surface area contributed by atoms with Crippen molar-refractivity contribution < 1.29 is 0 Å². The minimum absolute atomic E-state index is 0.528. The fourth-order valence-electron chi connectivity index (χ4n) is 1.17. The Hall–Kier alpha value is -1.08. The molecule has 80 valence electrons. The van der Waals surface area contributed by atoms with Gasteiger partial charge in [-0.2, -0.15) is 5.26 Å². The second-order valence-corrected chi connectivity index (χ2v) is 4.95. The summed E-state index contributed by atoms with van der Waals surface area (Å²) < 4.78 is 0. The van der Waals surface area contributed by atoms with Crippen LogP contribution in [0.3, 0.4) is 0 Å². The van der Waals surface area contributed by atoms with Gasteiger partial charge in [-0.15, -0.1) is 0 Å². The molecular formula is C11H6Cl2N2S. The van der Waals surface area contributed by atoms with Crippen LogP contribution in [0.2, 0.25) is 10.0 Å². The van der Waals surface area contributed by atoms with Crippen molar-refractivity contribution in [2.75, 3.05) is 0 Å². The third-order valence-corrected chi connectivity index (χ3v) is 3.59. The highest BCUT2D eigenvalue weighted by molar-refractivity contribution is 7.99. The molecule has 0 fully saturated rings. The highest BCUT2D eigenvalue weighted by atomic mass is 35.5. The van der Waals surface area contributed by atoms with Crippen LogP contribution in [0.5, 0.6) is 0 Å². The smallest absolute Gasteiger partial charge is 0.118 e. The van der Waals surface area contributed by atoms with Gasteiger partial charge in [0.05, 0.1) is 10.0 Å². The van der Waals surface area contributed by atoms with Crippen LogP contribution in [0.15, 0.2) is 40.3 Å². The summed E-state index contributed by atoms with van der Waals surface area (Å²) in [5, 5.41) is 10.8. The molecule has 0 saturated carbocycles. The fourth-order valence-corrected chi connectivity index (χ4v) is 2.53. The van der Waals surface area contributed by atoms with Crippen LogP contribution in [-0.4, -0.2) is 4.98 Å². The van der Waals surface area contributed by atoms with Crippen molar-refractivity contribution in [2.45, 2.75) is 9.92 Å². The lowest BCUT2D eigenvalue weighted by atomic mass is 10.4. The lowest BCUT2D eigenvalue weighted by molar-refractivity contribution is 1.17. The van der Waals surface area contributed by atoms with E-state index in [1.54, 1.807) is 24.3 Å². The van der Waals surface area contributed by atoms with E-state index in [9.17, 15) is 0 Å². The van der Waals surface area contributed by atoms with Gasteiger partial charge in [-0.1, -0.05) is 35.0 Å². The summed E-state index contributed by atoms with van der Waals surface area (Å²) in [7, 11) is 0. The Morgan fingerprint density at radius 2 is 2.00 bits per heavy atom. The van der Waals surface area contributed by atoms with Gasteiger partial charge in [0.15, 0.2) is 0 Å². The van der Waals surface area contributed by atoms with Gasteiger partial charge in [0, 0.05) is 9.92 Å². The minimum atomic E-state index is 0.528. The van der Waals surface area contributed by atoms with Gasteiger partial charge in [0.2, 0.25) is 0 Å². The van der Waals surface area contributed by atoms with Crippen molar-refractivity contribution in [3.8, 4) is 6.07 Å². The van der Waals surface area contributed by atoms with Crippen LogP contribution in [0, 0.1) is 11.3 Å².